The van der Waals surface area contributed by atoms with E-state index in [1.54, 1.807) is 6.20 Å². The number of aromatic nitrogens is 3. The Morgan fingerprint density at radius 3 is 2.65 bits per heavy atom. The number of hydrogen-bond donors (Lipinski definition) is 3. The van der Waals surface area contributed by atoms with Gasteiger partial charge >= 0.3 is 6.03 Å². The van der Waals surface area contributed by atoms with Crippen LogP contribution in [0.4, 0.5) is 16.2 Å². The summed E-state index contributed by atoms with van der Waals surface area (Å²) in [6.07, 6.45) is 5.82. The standard InChI is InChI=1S/C23H18BrN5O.ClH/c24-18-6-1-2-7-20(18)28-23(30)27-19-8-3-9-21-17(19)10-12-29(21)14-15-13-26-22-16(15)5-4-11-25-22;/h1-13H,14H2,(H,25,26)(H2,27,28,30);1H. The molecule has 0 aliphatic rings. The Morgan fingerprint density at radius 1 is 0.968 bits per heavy atom. The van der Waals surface area contributed by atoms with Gasteiger partial charge in [-0.3, -0.25) is 0 Å². The first-order valence-electron chi connectivity index (χ1n) is 9.50. The quantitative estimate of drug-likeness (QED) is 0.269. The highest BCUT2D eigenvalue weighted by molar-refractivity contribution is 9.10. The van der Waals surface area contributed by atoms with Crippen LogP contribution in [-0.4, -0.2) is 20.6 Å². The Labute approximate surface area is 193 Å². The van der Waals surface area contributed by atoms with E-state index in [1.165, 1.54) is 5.56 Å². The maximum absolute atomic E-state index is 12.5. The van der Waals surface area contributed by atoms with Crippen LogP contribution < -0.4 is 10.6 Å². The van der Waals surface area contributed by atoms with Gasteiger partial charge in [-0.05, 0) is 64.0 Å². The van der Waals surface area contributed by atoms with Gasteiger partial charge in [-0.15, -0.1) is 12.4 Å². The molecule has 8 heteroatoms. The SMILES string of the molecule is Cl.O=C(Nc1ccccc1Br)Nc1cccc2c1ccn2Cc1c[nH]c2ncccc12. The molecule has 2 amide bonds. The molecule has 2 aromatic carbocycles. The van der Waals surface area contributed by atoms with Crippen LogP contribution >= 0.6 is 28.3 Å². The van der Waals surface area contributed by atoms with Crippen molar-refractivity contribution in [3.8, 4) is 0 Å². The van der Waals surface area contributed by atoms with E-state index in [2.05, 4.69) is 53.2 Å². The van der Waals surface area contributed by atoms with Crippen molar-refractivity contribution in [2.45, 2.75) is 6.54 Å². The van der Waals surface area contributed by atoms with Crippen LogP contribution in [0, 0.1) is 0 Å². The zero-order chi connectivity index (χ0) is 20.5. The number of carbonyl (C=O) groups is 1. The number of halogens is 2. The van der Waals surface area contributed by atoms with E-state index < -0.39 is 0 Å². The molecule has 0 bridgehead atoms. The Bertz CT molecular complexity index is 1380. The number of nitrogens with one attached hydrogen (secondary N) is 3. The number of H-pyrrole nitrogens is 1. The van der Waals surface area contributed by atoms with Crippen LogP contribution in [0.5, 0.6) is 0 Å². The van der Waals surface area contributed by atoms with Crippen molar-refractivity contribution >= 4 is 67.7 Å². The number of fused-ring (bicyclic) bond motifs is 2. The molecule has 3 N–H and O–H groups in total. The lowest BCUT2D eigenvalue weighted by Gasteiger charge is -2.11. The number of nitrogens with zero attached hydrogens (tertiary/aromatic N) is 2. The molecule has 0 aliphatic carbocycles. The number of amides is 2. The van der Waals surface area contributed by atoms with Gasteiger partial charge in [0.05, 0.1) is 16.9 Å². The molecule has 0 fully saturated rings. The molecule has 6 nitrogen and oxygen atoms in total. The van der Waals surface area contributed by atoms with E-state index in [9.17, 15) is 4.79 Å². The highest BCUT2D eigenvalue weighted by atomic mass is 79.9. The van der Waals surface area contributed by atoms with Gasteiger partial charge in [0.25, 0.3) is 0 Å². The molecule has 5 rings (SSSR count). The lowest BCUT2D eigenvalue weighted by atomic mass is 10.2. The van der Waals surface area contributed by atoms with Gasteiger partial charge in [-0.2, -0.15) is 0 Å². The third-order valence-electron chi connectivity index (χ3n) is 5.06. The predicted octanol–water partition coefficient (Wildman–Crippen LogP) is 6.39. The molecule has 3 aromatic heterocycles. The van der Waals surface area contributed by atoms with Gasteiger partial charge in [0.15, 0.2) is 0 Å². The molecular weight excluding hydrogens is 478 g/mol. The van der Waals surface area contributed by atoms with Crippen molar-refractivity contribution in [1.82, 2.24) is 14.5 Å². The van der Waals surface area contributed by atoms with Gasteiger partial charge in [-0.25, -0.2) is 9.78 Å². The summed E-state index contributed by atoms with van der Waals surface area (Å²) in [7, 11) is 0. The number of benzene rings is 2. The lowest BCUT2D eigenvalue weighted by molar-refractivity contribution is 0.262. The first-order valence-corrected chi connectivity index (χ1v) is 10.3. The molecular formula is C23H19BrClN5O. The fourth-order valence-corrected chi connectivity index (χ4v) is 4.02. The van der Waals surface area contributed by atoms with Crippen LogP contribution in [0.1, 0.15) is 5.56 Å². The van der Waals surface area contributed by atoms with Crippen molar-refractivity contribution < 1.29 is 4.79 Å². The molecule has 0 radical (unpaired) electrons. The topological polar surface area (TPSA) is 74.7 Å². The third kappa shape index (κ3) is 4.15. The first kappa shape index (κ1) is 21.0. The molecule has 5 aromatic rings. The number of urea groups is 1. The van der Waals surface area contributed by atoms with Crippen LogP contribution in [0.15, 0.2) is 83.7 Å². The van der Waals surface area contributed by atoms with E-state index in [4.69, 9.17) is 0 Å². The molecule has 156 valence electrons. The lowest BCUT2D eigenvalue weighted by Crippen LogP contribution is -2.19. The number of carbonyl (C=O) groups excluding carboxylic acids is 1. The first-order chi connectivity index (χ1) is 14.7. The van der Waals surface area contributed by atoms with Crippen LogP contribution in [0.2, 0.25) is 0 Å². The highest BCUT2D eigenvalue weighted by Gasteiger charge is 2.11. The third-order valence-corrected chi connectivity index (χ3v) is 5.75. The monoisotopic (exact) mass is 495 g/mol. The maximum atomic E-state index is 12.5. The molecule has 0 unspecified atom stereocenters. The normalized spacial score (nSPS) is 10.7. The predicted molar refractivity (Wildman–Crippen MR) is 131 cm³/mol. The minimum Gasteiger partial charge on any atom is -0.346 e. The average molecular weight is 497 g/mol. The van der Waals surface area contributed by atoms with Crippen molar-refractivity contribution in [3.63, 3.8) is 0 Å². The number of anilines is 2. The highest BCUT2D eigenvalue weighted by Crippen LogP contribution is 2.27. The summed E-state index contributed by atoms with van der Waals surface area (Å²) >= 11 is 3.45. The van der Waals surface area contributed by atoms with Gasteiger partial charge < -0.3 is 20.2 Å². The largest absolute Gasteiger partial charge is 0.346 e. The second-order valence-electron chi connectivity index (χ2n) is 6.95. The zero-order valence-electron chi connectivity index (χ0n) is 16.3. The van der Waals surface area contributed by atoms with E-state index >= 15 is 0 Å². The second-order valence-corrected chi connectivity index (χ2v) is 7.81. The van der Waals surface area contributed by atoms with Crippen molar-refractivity contribution in [1.29, 1.82) is 0 Å². The number of aromatic amines is 1. The zero-order valence-corrected chi connectivity index (χ0v) is 18.7. The van der Waals surface area contributed by atoms with E-state index in [0.717, 1.165) is 32.1 Å². The Balaban J connectivity index is 0.00000231. The summed E-state index contributed by atoms with van der Waals surface area (Å²) in [5, 5.41) is 7.93. The van der Waals surface area contributed by atoms with E-state index in [0.29, 0.717) is 12.2 Å². The molecule has 0 saturated heterocycles. The smallest absolute Gasteiger partial charge is 0.323 e. The Hall–Kier alpha value is -3.29. The number of rotatable bonds is 4. The summed E-state index contributed by atoms with van der Waals surface area (Å²) in [4.78, 5) is 20.1. The molecule has 0 spiro atoms. The van der Waals surface area contributed by atoms with Crippen LogP contribution in [0.3, 0.4) is 0 Å². The van der Waals surface area contributed by atoms with Crippen LogP contribution in [0.25, 0.3) is 21.9 Å². The second kappa shape index (κ2) is 8.83. The number of para-hydroxylation sites is 1. The van der Waals surface area contributed by atoms with Gasteiger partial charge in [0, 0.05) is 40.4 Å². The van der Waals surface area contributed by atoms with Gasteiger partial charge in [-0.1, -0.05) is 18.2 Å². The van der Waals surface area contributed by atoms with Crippen molar-refractivity contribution in [2.24, 2.45) is 0 Å². The average Bonchev–Trinajstić information content (AvgIpc) is 3.35. The fraction of sp³-hybridized carbons (Fsp3) is 0.0435. The molecule has 0 aliphatic heterocycles. The van der Waals surface area contributed by atoms with E-state index in [1.807, 2.05) is 60.9 Å². The summed E-state index contributed by atoms with van der Waals surface area (Å²) in [6.45, 7) is 0.710. The fourth-order valence-electron chi connectivity index (χ4n) is 3.64. The van der Waals surface area contributed by atoms with E-state index in [-0.39, 0.29) is 18.4 Å². The minimum absolute atomic E-state index is 0. The summed E-state index contributed by atoms with van der Waals surface area (Å²) in [5.41, 5.74) is 4.58. The van der Waals surface area contributed by atoms with Crippen LogP contribution in [-0.2, 0) is 6.54 Å². The summed E-state index contributed by atoms with van der Waals surface area (Å²) < 4.78 is 3.00. The van der Waals surface area contributed by atoms with Gasteiger partial charge in [0.2, 0.25) is 0 Å². The molecule has 3 heterocycles. The van der Waals surface area contributed by atoms with Crippen molar-refractivity contribution in [2.75, 3.05) is 10.6 Å². The maximum Gasteiger partial charge on any atom is 0.323 e. The summed E-state index contributed by atoms with van der Waals surface area (Å²) in [6, 6.07) is 19.2. The number of pyridine rings is 1. The Kier molecular flexibility index (Phi) is 5.97. The van der Waals surface area contributed by atoms with Gasteiger partial charge in [0.1, 0.15) is 5.65 Å². The van der Waals surface area contributed by atoms with Crippen molar-refractivity contribution in [3.05, 3.63) is 89.3 Å². The molecule has 0 atom stereocenters. The molecule has 31 heavy (non-hydrogen) atoms. The Morgan fingerprint density at radius 2 is 1.77 bits per heavy atom. The minimum atomic E-state index is -0.287. The summed E-state index contributed by atoms with van der Waals surface area (Å²) in [5.74, 6) is 0. The molecule has 0 saturated carbocycles. The number of hydrogen-bond acceptors (Lipinski definition) is 2.